The highest BCUT2D eigenvalue weighted by Gasteiger charge is 2.30. The minimum atomic E-state index is -0.488. The van der Waals surface area contributed by atoms with Gasteiger partial charge < -0.3 is 18.8 Å². The molecule has 0 bridgehead atoms. The van der Waals surface area contributed by atoms with Gasteiger partial charge in [0.15, 0.2) is 5.76 Å². The molecule has 2 heterocycles. The predicted octanol–water partition coefficient (Wildman–Crippen LogP) is 6.58. The Labute approximate surface area is 210 Å². The fourth-order valence-corrected chi connectivity index (χ4v) is 4.50. The van der Waals surface area contributed by atoms with Crippen molar-refractivity contribution in [2.45, 2.75) is 20.4 Å². The number of ether oxygens (including phenoxy) is 3. The van der Waals surface area contributed by atoms with Crippen molar-refractivity contribution >= 4 is 44.7 Å². The van der Waals surface area contributed by atoms with Crippen LogP contribution < -0.4 is 14.2 Å². The van der Waals surface area contributed by atoms with Gasteiger partial charge in [-0.3, -0.25) is 4.79 Å². The molecular formula is C28H22BrNO5. The topological polar surface area (TPSA) is 66.8 Å². The molecule has 1 aliphatic rings. The van der Waals surface area contributed by atoms with Crippen LogP contribution in [0.4, 0.5) is 0 Å². The molecule has 35 heavy (non-hydrogen) atoms. The minimum Gasteiger partial charge on any atom is -0.497 e. The lowest BCUT2D eigenvalue weighted by Crippen LogP contribution is -2.08. The number of halogens is 1. The van der Waals surface area contributed by atoms with Gasteiger partial charge in [-0.1, -0.05) is 15.9 Å². The fraction of sp³-hybridized carbons (Fsp3) is 0.143. The molecule has 0 unspecified atom stereocenters. The number of aryl methyl sites for hydroxylation is 2. The molecule has 6 nitrogen and oxygen atoms in total. The van der Waals surface area contributed by atoms with E-state index in [2.05, 4.69) is 27.4 Å². The van der Waals surface area contributed by atoms with Gasteiger partial charge in [0.05, 0.1) is 18.2 Å². The third kappa shape index (κ3) is 4.23. The van der Waals surface area contributed by atoms with Crippen LogP contribution in [0.2, 0.25) is 0 Å². The first-order valence-corrected chi connectivity index (χ1v) is 11.9. The molecule has 0 spiro atoms. The van der Waals surface area contributed by atoms with Crippen LogP contribution in [0.15, 0.2) is 71.0 Å². The Hall–Kier alpha value is -3.84. The summed E-state index contributed by atoms with van der Waals surface area (Å²) in [4.78, 5) is 25.8. The third-order valence-electron chi connectivity index (χ3n) is 5.98. The molecule has 0 saturated carbocycles. The van der Waals surface area contributed by atoms with E-state index in [1.807, 2.05) is 24.4 Å². The van der Waals surface area contributed by atoms with Gasteiger partial charge in [-0.05, 0) is 74.0 Å². The summed E-state index contributed by atoms with van der Waals surface area (Å²) in [7, 11) is 1.63. The third-order valence-corrected chi connectivity index (χ3v) is 6.51. The lowest BCUT2D eigenvalue weighted by atomic mass is 10.0. The number of benzene rings is 3. The van der Waals surface area contributed by atoms with Gasteiger partial charge in [0.25, 0.3) is 0 Å². The molecular weight excluding hydrogens is 510 g/mol. The fourth-order valence-electron chi connectivity index (χ4n) is 4.24. The number of nitrogens with zero attached hydrogens (tertiary/aromatic N) is 1. The smallest absolute Gasteiger partial charge is 0.343 e. The first kappa shape index (κ1) is 22.9. The Morgan fingerprint density at radius 3 is 2.57 bits per heavy atom. The standard InChI is InChI=1S/C28H22BrNO5/c1-4-30-15-18(22-13-20(33-3)9-10-23(22)30)12-25-27(31)26-16(2)11-21(14-24(26)35-25)34-28(32)17-5-7-19(29)8-6-17/h5-15H,4H2,1-3H3/b25-12-. The van der Waals surface area contributed by atoms with Crippen molar-refractivity contribution < 1.29 is 23.8 Å². The van der Waals surface area contributed by atoms with Crippen molar-refractivity contribution in [3.05, 3.63) is 93.3 Å². The van der Waals surface area contributed by atoms with Gasteiger partial charge in [0.2, 0.25) is 5.78 Å². The summed E-state index contributed by atoms with van der Waals surface area (Å²) in [6.45, 7) is 4.65. The van der Waals surface area contributed by atoms with Crippen molar-refractivity contribution in [3.8, 4) is 17.2 Å². The Bertz CT molecular complexity index is 1510. The summed E-state index contributed by atoms with van der Waals surface area (Å²) >= 11 is 3.35. The predicted molar refractivity (Wildman–Crippen MR) is 137 cm³/mol. The second-order valence-electron chi connectivity index (χ2n) is 8.20. The molecule has 0 radical (unpaired) electrons. The van der Waals surface area contributed by atoms with Crippen LogP contribution >= 0.6 is 15.9 Å². The van der Waals surface area contributed by atoms with Gasteiger partial charge in [-0.15, -0.1) is 0 Å². The van der Waals surface area contributed by atoms with E-state index in [1.165, 1.54) is 0 Å². The zero-order valence-corrected chi connectivity index (χ0v) is 21.0. The van der Waals surface area contributed by atoms with Gasteiger partial charge in [-0.25, -0.2) is 4.79 Å². The number of fused-ring (bicyclic) bond motifs is 2. The van der Waals surface area contributed by atoms with Crippen LogP contribution in [0.25, 0.3) is 17.0 Å². The van der Waals surface area contributed by atoms with Crippen molar-refractivity contribution in [2.24, 2.45) is 0 Å². The molecule has 0 saturated heterocycles. The molecule has 0 N–H and O–H groups in total. The maximum absolute atomic E-state index is 13.2. The van der Waals surface area contributed by atoms with Crippen molar-refractivity contribution in [2.75, 3.05) is 7.11 Å². The van der Waals surface area contributed by atoms with Crippen LogP contribution in [0, 0.1) is 6.92 Å². The summed E-state index contributed by atoms with van der Waals surface area (Å²) in [6, 6.07) is 16.0. The molecule has 176 valence electrons. The highest BCUT2D eigenvalue weighted by molar-refractivity contribution is 9.10. The van der Waals surface area contributed by atoms with E-state index < -0.39 is 5.97 Å². The number of carbonyl (C=O) groups excluding carboxylic acids is 2. The second-order valence-corrected chi connectivity index (χ2v) is 9.12. The first-order chi connectivity index (χ1) is 16.9. The van der Waals surface area contributed by atoms with E-state index in [1.54, 1.807) is 56.5 Å². The van der Waals surface area contributed by atoms with Crippen molar-refractivity contribution in [1.82, 2.24) is 4.57 Å². The number of aromatic nitrogens is 1. The van der Waals surface area contributed by atoms with Crippen LogP contribution in [-0.2, 0) is 6.54 Å². The van der Waals surface area contributed by atoms with E-state index in [0.29, 0.717) is 28.2 Å². The number of Topliss-reactive ketones (excluding diaryl/α,β-unsaturated/α-hetero) is 1. The number of hydrogen-bond acceptors (Lipinski definition) is 5. The Morgan fingerprint density at radius 2 is 1.86 bits per heavy atom. The number of methoxy groups -OCH3 is 1. The number of ketones is 1. The highest BCUT2D eigenvalue weighted by atomic mass is 79.9. The largest absolute Gasteiger partial charge is 0.497 e. The molecule has 3 aromatic carbocycles. The second kappa shape index (κ2) is 9.07. The maximum atomic E-state index is 13.2. The van der Waals surface area contributed by atoms with E-state index in [0.717, 1.165) is 33.2 Å². The van der Waals surface area contributed by atoms with Crippen LogP contribution in [-0.4, -0.2) is 23.4 Å². The normalized spacial score (nSPS) is 13.7. The number of allylic oxidation sites excluding steroid dienone is 1. The van der Waals surface area contributed by atoms with Crippen molar-refractivity contribution in [1.29, 1.82) is 0 Å². The molecule has 0 amide bonds. The van der Waals surface area contributed by atoms with Gasteiger partial charge in [0.1, 0.15) is 17.2 Å². The summed E-state index contributed by atoms with van der Waals surface area (Å²) in [6.07, 6.45) is 3.75. The molecule has 1 aromatic heterocycles. The average Bonchev–Trinajstić information content (AvgIpc) is 3.36. The monoisotopic (exact) mass is 531 g/mol. The SMILES string of the molecule is CCn1cc(/C=C2\Oc3cc(OC(=O)c4ccc(Br)cc4)cc(C)c3C2=O)c2cc(OC)ccc21. The Kier molecular flexibility index (Phi) is 5.94. The van der Waals surface area contributed by atoms with E-state index in [-0.39, 0.29) is 11.5 Å². The maximum Gasteiger partial charge on any atom is 0.343 e. The minimum absolute atomic E-state index is 0.205. The number of hydrogen-bond donors (Lipinski definition) is 0. The zero-order valence-electron chi connectivity index (χ0n) is 19.4. The molecule has 1 aliphatic heterocycles. The number of rotatable bonds is 5. The van der Waals surface area contributed by atoms with Crippen LogP contribution in [0.3, 0.4) is 0 Å². The average molecular weight is 532 g/mol. The zero-order chi connectivity index (χ0) is 24.7. The molecule has 7 heteroatoms. The molecule has 4 aromatic rings. The number of carbonyl (C=O) groups is 2. The van der Waals surface area contributed by atoms with E-state index in [4.69, 9.17) is 14.2 Å². The quantitative estimate of drug-likeness (QED) is 0.165. The van der Waals surface area contributed by atoms with Gasteiger partial charge in [0, 0.05) is 39.7 Å². The first-order valence-electron chi connectivity index (χ1n) is 11.1. The highest BCUT2D eigenvalue weighted by Crippen LogP contribution is 2.38. The summed E-state index contributed by atoms with van der Waals surface area (Å²) in [5, 5.41) is 0.965. The number of esters is 1. The summed E-state index contributed by atoms with van der Waals surface area (Å²) in [5.74, 6) is 0.951. The summed E-state index contributed by atoms with van der Waals surface area (Å²) in [5.41, 5.74) is 3.47. The van der Waals surface area contributed by atoms with E-state index in [9.17, 15) is 9.59 Å². The van der Waals surface area contributed by atoms with E-state index >= 15 is 0 Å². The summed E-state index contributed by atoms with van der Waals surface area (Å²) < 4.78 is 19.9. The van der Waals surface area contributed by atoms with Gasteiger partial charge >= 0.3 is 5.97 Å². The Morgan fingerprint density at radius 1 is 1.09 bits per heavy atom. The molecule has 5 rings (SSSR count). The molecule has 0 atom stereocenters. The molecule has 0 aliphatic carbocycles. The lowest BCUT2D eigenvalue weighted by molar-refractivity contribution is 0.0734. The van der Waals surface area contributed by atoms with Crippen molar-refractivity contribution in [3.63, 3.8) is 0 Å². The Balaban J connectivity index is 1.47. The lowest BCUT2D eigenvalue weighted by Gasteiger charge is -2.08. The van der Waals surface area contributed by atoms with Crippen LogP contribution in [0.1, 0.15) is 38.8 Å². The van der Waals surface area contributed by atoms with Gasteiger partial charge in [-0.2, -0.15) is 0 Å². The molecule has 0 fully saturated rings. The van der Waals surface area contributed by atoms with Crippen LogP contribution in [0.5, 0.6) is 17.2 Å².